The smallest absolute Gasteiger partial charge is 0.251 e. The van der Waals surface area contributed by atoms with E-state index < -0.39 is 0 Å². The topological polar surface area (TPSA) is 74.9 Å². The van der Waals surface area contributed by atoms with Crippen LogP contribution in [0.3, 0.4) is 0 Å². The van der Waals surface area contributed by atoms with Gasteiger partial charge in [-0.3, -0.25) is 9.69 Å². The predicted octanol–water partition coefficient (Wildman–Crippen LogP) is 2.01. The van der Waals surface area contributed by atoms with Crippen LogP contribution in [0.1, 0.15) is 22.5 Å². The Bertz CT molecular complexity index is 657. The molecule has 3 rings (SSSR count). The number of hydrogen-bond donors (Lipinski definition) is 2. The van der Waals surface area contributed by atoms with Gasteiger partial charge in [-0.25, -0.2) is 0 Å². The lowest BCUT2D eigenvalue weighted by atomic mass is 10.1. The Morgan fingerprint density at radius 3 is 3.04 bits per heavy atom. The molecule has 2 N–H and O–H groups in total. The van der Waals surface area contributed by atoms with Crippen molar-refractivity contribution in [2.75, 3.05) is 26.2 Å². The van der Waals surface area contributed by atoms with Crippen LogP contribution in [0.4, 0.5) is 0 Å². The number of morpholine rings is 1. The molecular formula is C18H22N2O4. The van der Waals surface area contributed by atoms with Crippen molar-refractivity contribution in [2.24, 2.45) is 0 Å². The van der Waals surface area contributed by atoms with Crippen LogP contribution < -0.4 is 5.32 Å². The van der Waals surface area contributed by atoms with E-state index in [-0.39, 0.29) is 17.8 Å². The van der Waals surface area contributed by atoms with Gasteiger partial charge in [-0.05, 0) is 36.8 Å². The van der Waals surface area contributed by atoms with E-state index >= 15 is 0 Å². The molecule has 128 valence electrons. The highest BCUT2D eigenvalue weighted by atomic mass is 16.5. The zero-order chi connectivity index (χ0) is 16.8. The summed E-state index contributed by atoms with van der Waals surface area (Å²) >= 11 is 0. The number of nitrogens with zero attached hydrogens (tertiary/aromatic N) is 1. The summed E-state index contributed by atoms with van der Waals surface area (Å²) in [5.41, 5.74) is 0.457. The third-order valence-corrected chi connectivity index (χ3v) is 4.04. The normalized spacial score (nSPS) is 18.4. The highest BCUT2D eigenvalue weighted by Gasteiger charge is 2.21. The van der Waals surface area contributed by atoms with Crippen molar-refractivity contribution in [1.82, 2.24) is 10.2 Å². The van der Waals surface area contributed by atoms with E-state index in [2.05, 4.69) is 10.2 Å². The number of rotatable bonds is 6. The summed E-state index contributed by atoms with van der Waals surface area (Å²) in [6.45, 7) is 3.71. The SMILES string of the molecule is O=C(NCC[C@@H]1CN(Cc2ccco2)CCO1)c1cccc(O)c1. The molecule has 6 heteroatoms. The number of phenolic OH excluding ortho intramolecular Hbond substituents is 1. The first-order valence-corrected chi connectivity index (χ1v) is 8.14. The summed E-state index contributed by atoms with van der Waals surface area (Å²) in [6.07, 6.45) is 2.53. The molecule has 1 aliphatic rings. The Morgan fingerprint density at radius 2 is 2.25 bits per heavy atom. The molecule has 0 bridgehead atoms. The third-order valence-electron chi connectivity index (χ3n) is 4.04. The molecule has 0 aliphatic carbocycles. The van der Waals surface area contributed by atoms with Crippen LogP contribution in [0, 0.1) is 0 Å². The number of nitrogens with one attached hydrogen (secondary N) is 1. The summed E-state index contributed by atoms with van der Waals surface area (Å²) in [5, 5.41) is 12.3. The molecule has 1 aliphatic heterocycles. The predicted molar refractivity (Wildman–Crippen MR) is 88.8 cm³/mol. The number of aromatic hydroxyl groups is 1. The summed E-state index contributed by atoms with van der Waals surface area (Å²) in [4.78, 5) is 14.3. The van der Waals surface area contributed by atoms with Crippen LogP contribution in [0.5, 0.6) is 5.75 Å². The number of furan rings is 1. The fourth-order valence-corrected chi connectivity index (χ4v) is 2.82. The second-order valence-corrected chi connectivity index (χ2v) is 5.90. The van der Waals surface area contributed by atoms with Crippen LogP contribution in [-0.4, -0.2) is 48.3 Å². The van der Waals surface area contributed by atoms with Crippen molar-refractivity contribution in [3.63, 3.8) is 0 Å². The molecule has 0 saturated carbocycles. The van der Waals surface area contributed by atoms with Crippen molar-refractivity contribution < 1.29 is 19.1 Å². The lowest BCUT2D eigenvalue weighted by Gasteiger charge is -2.32. The maximum atomic E-state index is 12.0. The van der Waals surface area contributed by atoms with Gasteiger partial charge in [0.1, 0.15) is 11.5 Å². The largest absolute Gasteiger partial charge is 0.508 e. The standard InChI is InChI=1S/C18H22N2O4/c21-15-4-1-3-14(11-15)18(22)19-7-6-17-13-20(8-10-24-17)12-16-5-2-9-23-16/h1-5,9,11,17,21H,6-8,10,12-13H2,(H,19,22)/t17-/m1/s1. The van der Waals surface area contributed by atoms with Gasteiger partial charge in [-0.2, -0.15) is 0 Å². The Hall–Kier alpha value is -2.31. The zero-order valence-corrected chi connectivity index (χ0v) is 13.5. The molecular weight excluding hydrogens is 308 g/mol. The van der Waals surface area contributed by atoms with Crippen molar-refractivity contribution >= 4 is 5.91 Å². The fourth-order valence-electron chi connectivity index (χ4n) is 2.82. The van der Waals surface area contributed by atoms with Crippen LogP contribution >= 0.6 is 0 Å². The summed E-state index contributed by atoms with van der Waals surface area (Å²) in [5.74, 6) is 0.855. The van der Waals surface area contributed by atoms with Crippen molar-refractivity contribution in [3.8, 4) is 5.75 Å². The number of carbonyl (C=O) groups excluding carboxylic acids is 1. The first-order valence-electron chi connectivity index (χ1n) is 8.14. The molecule has 1 aromatic heterocycles. The Balaban J connectivity index is 1.42. The number of carbonyl (C=O) groups is 1. The van der Waals surface area contributed by atoms with E-state index in [4.69, 9.17) is 9.15 Å². The van der Waals surface area contributed by atoms with Crippen molar-refractivity contribution in [3.05, 3.63) is 54.0 Å². The molecule has 0 radical (unpaired) electrons. The number of amides is 1. The Kier molecular flexibility index (Phi) is 5.51. The maximum Gasteiger partial charge on any atom is 0.251 e. The van der Waals surface area contributed by atoms with Crippen molar-refractivity contribution in [1.29, 1.82) is 0 Å². The number of ether oxygens (including phenoxy) is 1. The number of hydrogen-bond acceptors (Lipinski definition) is 5. The number of benzene rings is 1. The monoisotopic (exact) mass is 330 g/mol. The van der Waals surface area contributed by atoms with E-state index in [1.807, 2.05) is 12.1 Å². The van der Waals surface area contributed by atoms with Crippen LogP contribution in [-0.2, 0) is 11.3 Å². The van der Waals surface area contributed by atoms with Gasteiger partial charge >= 0.3 is 0 Å². The van der Waals surface area contributed by atoms with E-state index in [9.17, 15) is 9.90 Å². The van der Waals surface area contributed by atoms with E-state index in [0.29, 0.717) is 18.7 Å². The molecule has 6 nitrogen and oxygen atoms in total. The second-order valence-electron chi connectivity index (χ2n) is 5.90. The van der Waals surface area contributed by atoms with E-state index in [1.165, 1.54) is 6.07 Å². The minimum Gasteiger partial charge on any atom is -0.508 e. The van der Waals surface area contributed by atoms with Crippen LogP contribution in [0.2, 0.25) is 0 Å². The summed E-state index contributed by atoms with van der Waals surface area (Å²) in [6, 6.07) is 10.2. The van der Waals surface area contributed by atoms with Gasteiger partial charge in [0.05, 0.1) is 25.5 Å². The van der Waals surface area contributed by atoms with Gasteiger partial charge in [0.25, 0.3) is 5.91 Å². The molecule has 1 amide bonds. The third kappa shape index (κ3) is 4.59. The molecule has 0 spiro atoms. The van der Waals surface area contributed by atoms with Gasteiger partial charge in [0.2, 0.25) is 0 Å². The first kappa shape index (κ1) is 16.5. The van der Waals surface area contributed by atoms with Gasteiger partial charge in [0, 0.05) is 25.2 Å². The average molecular weight is 330 g/mol. The first-order chi connectivity index (χ1) is 11.7. The fraction of sp³-hybridized carbons (Fsp3) is 0.389. The zero-order valence-electron chi connectivity index (χ0n) is 13.5. The van der Waals surface area contributed by atoms with Crippen LogP contribution in [0.15, 0.2) is 47.1 Å². The Labute approximate surface area is 141 Å². The quantitative estimate of drug-likeness (QED) is 0.847. The van der Waals surface area contributed by atoms with Gasteiger partial charge in [-0.15, -0.1) is 0 Å². The molecule has 2 aromatic rings. The maximum absolute atomic E-state index is 12.0. The van der Waals surface area contributed by atoms with Gasteiger partial charge in [0.15, 0.2) is 0 Å². The molecule has 1 atom stereocenters. The molecule has 1 fully saturated rings. The second kappa shape index (κ2) is 7.99. The summed E-state index contributed by atoms with van der Waals surface area (Å²) in [7, 11) is 0. The molecule has 1 aromatic carbocycles. The molecule has 2 heterocycles. The molecule has 24 heavy (non-hydrogen) atoms. The lowest BCUT2D eigenvalue weighted by molar-refractivity contribution is -0.0358. The highest BCUT2D eigenvalue weighted by molar-refractivity contribution is 5.94. The summed E-state index contributed by atoms with van der Waals surface area (Å²) < 4.78 is 11.2. The van der Waals surface area contributed by atoms with Crippen molar-refractivity contribution in [2.45, 2.75) is 19.1 Å². The number of phenols is 1. The van der Waals surface area contributed by atoms with Gasteiger partial charge < -0.3 is 19.6 Å². The molecule has 1 saturated heterocycles. The van der Waals surface area contributed by atoms with E-state index in [1.54, 1.807) is 24.5 Å². The average Bonchev–Trinajstić information content (AvgIpc) is 3.08. The minimum absolute atomic E-state index is 0.0897. The lowest BCUT2D eigenvalue weighted by Crippen LogP contribution is -2.43. The molecule has 0 unspecified atom stereocenters. The van der Waals surface area contributed by atoms with E-state index in [0.717, 1.165) is 31.8 Å². The van der Waals surface area contributed by atoms with Crippen LogP contribution in [0.25, 0.3) is 0 Å². The highest BCUT2D eigenvalue weighted by Crippen LogP contribution is 2.13. The minimum atomic E-state index is -0.186. The van der Waals surface area contributed by atoms with Gasteiger partial charge in [-0.1, -0.05) is 6.07 Å². The Morgan fingerprint density at radius 1 is 1.33 bits per heavy atom.